The maximum atomic E-state index is 12.8. The Morgan fingerprint density at radius 1 is 1.07 bits per heavy atom. The zero-order valence-electron chi connectivity index (χ0n) is 16.0. The molecule has 3 N–H and O–H groups in total. The van der Waals surface area contributed by atoms with Crippen LogP contribution in [0, 0.1) is 0 Å². The molecule has 3 aliphatic heterocycles. The SMILES string of the molecule is O=C1CCC(N2Cc3cc(CNc4cccc5c4CNC5)ccc3C2=O)C(=O)N1. The van der Waals surface area contributed by atoms with E-state index in [0.29, 0.717) is 25.1 Å². The number of amides is 3. The topological polar surface area (TPSA) is 90.5 Å². The third-order valence-electron chi connectivity index (χ3n) is 5.96. The van der Waals surface area contributed by atoms with Gasteiger partial charge in [-0.15, -0.1) is 0 Å². The molecule has 3 heterocycles. The van der Waals surface area contributed by atoms with Crippen LogP contribution in [0.5, 0.6) is 0 Å². The van der Waals surface area contributed by atoms with Gasteiger partial charge in [0.05, 0.1) is 0 Å². The maximum Gasteiger partial charge on any atom is 0.255 e. The lowest BCUT2D eigenvalue weighted by atomic mass is 10.0. The molecule has 1 unspecified atom stereocenters. The zero-order valence-corrected chi connectivity index (χ0v) is 16.0. The fraction of sp³-hybridized carbons (Fsp3) is 0.318. The first kappa shape index (κ1) is 17.9. The summed E-state index contributed by atoms with van der Waals surface area (Å²) < 4.78 is 0. The standard InChI is InChI=1S/C22H22N4O3/c27-20-7-6-19(21(28)25-20)26-12-15-8-13(4-5-16(15)22(26)29)9-24-18-3-1-2-14-10-23-11-17(14)18/h1-5,8,19,23-24H,6-7,9-12H2,(H,25,27,28). The molecule has 7 nitrogen and oxygen atoms in total. The van der Waals surface area contributed by atoms with Crippen molar-refractivity contribution >= 4 is 23.4 Å². The Kier molecular flexibility index (Phi) is 4.32. The van der Waals surface area contributed by atoms with E-state index in [9.17, 15) is 14.4 Å². The molecule has 3 aliphatic rings. The number of nitrogens with one attached hydrogen (secondary N) is 3. The minimum absolute atomic E-state index is 0.138. The lowest BCUT2D eigenvalue weighted by molar-refractivity contribution is -0.136. The van der Waals surface area contributed by atoms with Gasteiger partial charge in [0.15, 0.2) is 0 Å². The lowest BCUT2D eigenvalue weighted by Gasteiger charge is -2.29. The summed E-state index contributed by atoms with van der Waals surface area (Å²) in [6.07, 6.45) is 0.647. The monoisotopic (exact) mass is 390 g/mol. The van der Waals surface area contributed by atoms with Gasteiger partial charge in [0, 0.05) is 43.9 Å². The Balaban J connectivity index is 1.31. The number of benzene rings is 2. The van der Waals surface area contributed by atoms with Gasteiger partial charge < -0.3 is 15.5 Å². The van der Waals surface area contributed by atoms with Crippen LogP contribution < -0.4 is 16.0 Å². The van der Waals surface area contributed by atoms with Crippen molar-refractivity contribution in [3.63, 3.8) is 0 Å². The quantitative estimate of drug-likeness (QED) is 0.691. The third kappa shape index (κ3) is 3.17. The van der Waals surface area contributed by atoms with E-state index in [2.05, 4.69) is 34.1 Å². The summed E-state index contributed by atoms with van der Waals surface area (Å²) in [5, 5.41) is 9.22. The van der Waals surface area contributed by atoms with E-state index in [-0.39, 0.29) is 24.1 Å². The van der Waals surface area contributed by atoms with Gasteiger partial charge in [-0.3, -0.25) is 19.7 Å². The lowest BCUT2D eigenvalue weighted by Crippen LogP contribution is -2.52. The van der Waals surface area contributed by atoms with E-state index < -0.39 is 6.04 Å². The van der Waals surface area contributed by atoms with E-state index in [1.165, 1.54) is 11.1 Å². The molecule has 0 spiro atoms. The first-order chi connectivity index (χ1) is 14.1. The molecule has 0 aromatic heterocycles. The van der Waals surface area contributed by atoms with Crippen LogP contribution >= 0.6 is 0 Å². The number of imide groups is 1. The molecule has 1 fully saturated rings. The van der Waals surface area contributed by atoms with Crippen molar-refractivity contribution in [2.75, 3.05) is 5.32 Å². The highest BCUT2D eigenvalue weighted by molar-refractivity contribution is 6.05. The van der Waals surface area contributed by atoms with Crippen molar-refractivity contribution < 1.29 is 14.4 Å². The summed E-state index contributed by atoms with van der Waals surface area (Å²) in [5.41, 5.74) is 6.43. The molecule has 148 valence electrons. The fourth-order valence-corrected chi connectivity index (χ4v) is 4.43. The minimum atomic E-state index is -0.575. The van der Waals surface area contributed by atoms with Crippen LogP contribution in [0.15, 0.2) is 36.4 Å². The number of rotatable bonds is 4. The second-order valence-electron chi connectivity index (χ2n) is 7.79. The first-order valence-electron chi connectivity index (χ1n) is 9.92. The largest absolute Gasteiger partial charge is 0.381 e. The van der Waals surface area contributed by atoms with Gasteiger partial charge in [0.25, 0.3) is 5.91 Å². The normalized spacial score (nSPS) is 20.5. The molecule has 2 aromatic rings. The summed E-state index contributed by atoms with van der Waals surface area (Å²) in [4.78, 5) is 37.9. The van der Waals surface area contributed by atoms with Gasteiger partial charge >= 0.3 is 0 Å². The van der Waals surface area contributed by atoms with Gasteiger partial charge in [0.2, 0.25) is 11.8 Å². The predicted molar refractivity (Wildman–Crippen MR) is 107 cm³/mol. The number of anilines is 1. The molecule has 0 saturated carbocycles. The molecule has 0 bridgehead atoms. The summed E-state index contributed by atoms with van der Waals surface area (Å²) in [6.45, 7) is 2.84. The molecule has 0 aliphatic carbocycles. The average Bonchev–Trinajstić information content (AvgIpc) is 3.31. The number of hydrogen-bond donors (Lipinski definition) is 3. The Labute approximate surface area is 168 Å². The van der Waals surface area contributed by atoms with Crippen LogP contribution in [0.25, 0.3) is 0 Å². The Morgan fingerprint density at radius 2 is 1.97 bits per heavy atom. The average molecular weight is 390 g/mol. The molecule has 1 atom stereocenters. The predicted octanol–water partition coefficient (Wildman–Crippen LogP) is 1.66. The Hall–Kier alpha value is -3.19. The van der Waals surface area contributed by atoms with Crippen LogP contribution in [-0.4, -0.2) is 28.7 Å². The molecule has 3 amide bonds. The smallest absolute Gasteiger partial charge is 0.255 e. The van der Waals surface area contributed by atoms with E-state index in [0.717, 1.165) is 29.9 Å². The van der Waals surface area contributed by atoms with E-state index in [4.69, 9.17) is 0 Å². The van der Waals surface area contributed by atoms with Crippen LogP contribution in [0.4, 0.5) is 5.69 Å². The van der Waals surface area contributed by atoms with Crippen molar-refractivity contribution in [1.29, 1.82) is 0 Å². The fourth-order valence-electron chi connectivity index (χ4n) is 4.43. The third-order valence-corrected chi connectivity index (χ3v) is 5.96. The summed E-state index contributed by atoms with van der Waals surface area (Å²) in [7, 11) is 0. The van der Waals surface area contributed by atoms with Crippen molar-refractivity contribution in [3.05, 3.63) is 64.2 Å². The first-order valence-corrected chi connectivity index (χ1v) is 9.92. The summed E-state index contributed by atoms with van der Waals surface area (Å²) >= 11 is 0. The van der Waals surface area contributed by atoms with Gasteiger partial charge in [-0.25, -0.2) is 0 Å². The van der Waals surface area contributed by atoms with Crippen LogP contribution in [0.2, 0.25) is 0 Å². The minimum Gasteiger partial charge on any atom is -0.381 e. The number of hydrogen-bond acceptors (Lipinski definition) is 5. The number of piperidine rings is 1. The molecule has 2 aromatic carbocycles. The van der Waals surface area contributed by atoms with E-state index in [1.807, 2.05) is 18.2 Å². The highest BCUT2D eigenvalue weighted by Gasteiger charge is 2.39. The van der Waals surface area contributed by atoms with Crippen LogP contribution in [0.1, 0.15) is 45.5 Å². The molecule has 7 heteroatoms. The molecule has 1 saturated heterocycles. The Morgan fingerprint density at radius 3 is 2.83 bits per heavy atom. The van der Waals surface area contributed by atoms with Gasteiger partial charge in [-0.05, 0) is 40.8 Å². The second kappa shape index (κ2) is 7.00. The molecule has 5 rings (SSSR count). The van der Waals surface area contributed by atoms with Crippen molar-refractivity contribution in [2.45, 2.75) is 45.1 Å². The molecule has 0 radical (unpaired) electrons. The van der Waals surface area contributed by atoms with Gasteiger partial charge in [0.1, 0.15) is 6.04 Å². The van der Waals surface area contributed by atoms with Crippen molar-refractivity contribution in [2.24, 2.45) is 0 Å². The van der Waals surface area contributed by atoms with E-state index >= 15 is 0 Å². The highest BCUT2D eigenvalue weighted by atomic mass is 16.2. The summed E-state index contributed by atoms with van der Waals surface area (Å²) in [6, 6.07) is 11.6. The Bertz CT molecular complexity index is 1030. The zero-order chi connectivity index (χ0) is 20.0. The summed E-state index contributed by atoms with van der Waals surface area (Å²) in [5.74, 6) is -0.789. The number of carbonyl (C=O) groups excluding carboxylic acids is 3. The van der Waals surface area contributed by atoms with Crippen molar-refractivity contribution in [3.8, 4) is 0 Å². The number of nitrogens with zero attached hydrogens (tertiary/aromatic N) is 1. The molecule has 29 heavy (non-hydrogen) atoms. The van der Waals surface area contributed by atoms with Crippen molar-refractivity contribution in [1.82, 2.24) is 15.5 Å². The van der Waals surface area contributed by atoms with Gasteiger partial charge in [-0.2, -0.15) is 0 Å². The number of carbonyl (C=O) groups is 3. The molecular formula is C22H22N4O3. The van der Waals surface area contributed by atoms with Crippen LogP contribution in [0.3, 0.4) is 0 Å². The molecular weight excluding hydrogens is 368 g/mol. The second-order valence-corrected chi connectivity index (χ2v) is 7.79. The van der Waals surface area contributed by atoms with E-state index in [1.54, 1.807) is 4.90 Å². The van der Waals surface area contributed by atoms with Crippen LogP contribution in [-0.2, 0) is 35.8 Å². The highest BCUT2D eigenvalue weighted by Crippen LogP contribution is 2.29. The number of fused-ring (bicyclic) bond motifs is 2. The van der Waals surface area contributed by atoms with Gasteiger partial charge in [-0.1, -0.05) is 24.3 Å². The maximum absolute atomic E-state index is 12.8.